The fourth-order valence-corrected chi connectivity index (χ4v) is 3.62. The molecular weight excluding hydrogens is 270 g/mol. The minimum Gasteiger partial charge on any atom is -0.269 e. The van der Waals surface area contributed by atoms with Gasteiger partial charge in [0.15, 0.2) is 0 Å². The van der Waals surface area contributed by atoms with Gasteiger partial charge in [-0.3, -0.25) is 9.63 Å². The monoisotopic (exact) mass is 287 g/mol. The molecule has 104 valence electrons. The van der Waals surface area contributed by atoms with Gasteiger partial charge in [0.2, 0.25) is 0 Å². The molecule has 0 fully saturated rings. The number of hydrogen-bond acceptors (Lipinski definition) is 3. The van der Waals surface area contributed by atoms with Gasteiger partial charge in [-0.05, 0) is 36.8 Å². The third kappa shape index (κ3) is 2.92. The SMILES string of the molecule is O=C(NOCc1ccccc1)c1csc2c1CCCC2. The Labute approximate surface area is 122 Å². The molecule has 0 saturated heterocycles. The molecule has 4 heteroatoms. The molecule has 1 aliphatic rings. The normalized spacial score (nSPS) is 13.8. The lowest BCUT2D eigenvalue weighted by Crippen LogP contribution is -2.24. The van der Waals surface area contributed by atoms with E-state index in [0.29, 0.717) is 6.61 Å². The van der Waals surface area contributed by atoms with Crippen molar-refractivity contribution in [2.45, 2.75) is 32.3 Å². The Balaban J connectivity index is 1.58. The molecular formula is C16H17NO2S. The predicted molar refractivity (Wildman–Crippen MR) is 79.7 cm³/mol. The van der Waals surface area contributed by atoms with E-state index < -0.39 is 0 Å². The highest BCUT2D eigenvalue weighted by Gasteiger charge is 2.20. The number of carbonyl (C=O) groups excluding carboxylic acids is 1. The minimum absolute atomic E-state index is 0.125. The summed E-state index contributed by atoms with van der Waals surface area (Å²) in [7, 11) is 0. The summed E-state index contributed by atoms with van der Waals surface area (Å²) in [5.74, 6) is -0.125. The molecule has 2 aromatic rings. The summed E-state index contributed by atoms with van der Waals surface area (Å²) in [6.45, 7) is 0.388. The first-order valence-corrected chi connectivity index (χ1v) is 7.78. The molecule has 0 unspecified atom stereocenters. The van der Waals surface area contributed by atoms with E-state index in [0.717, 1.165) is 24.0 Å². The minimum atomic E-state index is -0.125. The van der Waals surface area contributed by atoms with Gasteiger partial charge in [-0.15, -0.1) is 11.3 Å². The summed E-state index contributed by atoms with van der Waals surface area (Å²) in [6, 6.07) is 9.81. The Bertz CT molecular complexity index is 592. The lowest BCUT2D eigenvalue weighted by Gasteiger charge is -2.12. The molecule has 3 rings (SSSR count). The van der Waals surface area contributed by atoms with Crippen LogP contribution in [0.3, 0.4) is 0 Å². The molecule has 1 amide bonds. The van der Waals surface area contributed by atoms with Crippen LogP contribution in [0.1, 0.15) is 39.2 Å². The van der Waals surface area contributed by atoms with E-state index in [2.05, 4.69) is 5.48 Å². The van der Waals surface area contributed by atoms with Crippen molar-refractivity contribution in [3.8, 4) is 0 Å². The lowest BCUT2D eigenvalue weighted by atomic mass is 9.96. The van der Waals surface area contributed by atoms with E-state index in [9.17, 15) is 4.79 Å². The van der Waals surface area contributed by atoms with Gasteiger partial charge in [0.05, 0.1) is 12.2 Å². The van der Waals surface area contributed by atoms with Crippen LogP contribution >= 0.6 is 11.3 Å². The van der Waals surface area contributed by atoms with Gasteiger partial charge in [-0.1, -0.05) is 30.3 Å². The van der Waals surface area contributed by atoms with Gasteiger partial charge in [0, 0.05) is 10.3 Å². The van der Waals surface area contributed by atoms with E-state index in [1.807, 2.05) is 35.7 Å². The van der Waals surface area contributed by atoms with Crippen LogP contribution in [0, 0.1) is 0 Å². The number of hydrogen-bond donors (Lipinski definition) is 1. The van der Waals surface area contributed by atoms with Gasteiger partial charge in [-0.25, -0.2) is 5.48 Å². The van der Waals surface area contributed by atoms with Crippen molar-refractivity contribution in [2.24, 2.45) is 0 Å². The van der Waals surface area contributed by atoms with Gasteiger partial charge >= 0.3 is 0 Å². The maximum Gasteiger partial charge on any atom is 0.275 e. The van der Waals surface area contributed by atoms with Crippen LogP contribution in [0.4, 0.5) is 0 Å². The molecule has 1 N–H and O–H groups in total. The molecule has 1 aromatic carbocycles. The van der Waals surface area contributed by atoms with E-state index in [1.165, 1.54) is 23.3 Å². The largest absolute Gasteiger partial charge is 0.275 e. The van der Waals surface area contributed by atoms with E-state index in [4.69, 9.17) is 4.84 Å². The first-order chi connectivity index (χ1) is 9.84. The van der Waals surface area contributed by atoms with Crippen LogP contribution in [0.25, 0.3) is 0 Å². The number of hydroxylamine groups is 1. The van der Waals surface area contributed by atoms with Gasteiger partial charge in [0.1, 0.15) is 0 Å². The van der Waals surface area contributed by atoms with Crippen molar-refractivity contribution in [1.82, 2.24) is 5.48 Å². The lowest BCUT2D eigenvalue weighted by molar-refractivity contribution is 0.0233. The van der Waals surface area contributed by atoms with Crippen molar-refractivity contribution in [3.63, 3.8) is 0 Å². The van der Waals surface area contributed by atoms with Crippen LogP contribution in [0.5, 0.6) is 0 Å². The Morgan fingerprint density at radius 1 is 1.20 bits per heavy atom. The van der Waals surface area contributed by atoms with Crippen molar-refractivity contribution < 1.29 is 9.63 Å². The smallest absolute Gasteiger partial charge is 0.269 e. The molecule has 1 aromatic heterocycles. The quantitative estimate of drug-likeness (QED) is 0.874. The third-order valence-electron chi connectivity index (χ3n) is 3.55. The fourth-order valence-electron chi connectivity index (χ4n) is 2.50. The third-order valence-corrected chi connectivity index (χ3v) is 4.64. The number of aryl methyl sites for hydroxylation is 1. The zero-order chi connectivity index (χ0) is 13.8. The highest BCUT2D eigenvalue weighted by Crippen LogP contribution is 2.30. The van der Waals surface area contributed by atoms with E-state index in [-0.39, 0.29) is 5.91 Å². The van der Waals surface area contributed by atoms with Crippen LogP contribution < -0.4 is 5.48 Å². The maximum atomic E-state index is 12.1. The van der Waals surface area contributed by atoms with Crippen LogP contribution in [0.15, 0.2) is 35.7 Å². The molecule has 3 nitrogen and oxygen atoms in total. The topological polar surface area (TPSA) is 38.3 Å². The van der Waals surface area contributed by atoms with Crippen LogP contribution in [-0.4, -0.2) is 5.91 Å². The summed E-state index contributed by atoms with van der Waals surface area (Å²) >= 11 is 1.69. The summed E-state index contributed by atoms with van der Waals surface area (Å²) in [5.41, 5.74) is 5.61. The summed E-state index contributed by atoms with van der Waals surface area (Å²) < 4.78 is 0. The van der Waals surface area contributed by atoms with E-state index in [1.54, 1.807) is 11.3 Å². The molecule has 1 heterocycles. The molecule has 0 atom stereocenters. The standard InChI is InChI=1S/C16H17NO2S/c18-16(17-19-10-12-6-2-1-3-7-12)14-11-20-15-9-5-4-8-13(14)15/h1-3,6-7,11H,4-5,8-10H2,(H,17,18). The van der Waals surface area contributed by atoms with Crippen molar-refractivity contribution in [1.29, 1.82) is 0 Å². The average Bonchev–Trinajstić information content (AvgIpc) is 2.92. The fraction of sp³-hybridized carbons (Fsp3) is 0.312. The number of carbonyl (C=O) groups is 1. The number of fused-ring (bicyclic) bond motifs is 1. The maximum absolute atomic E-state index is 12.1. The Hall–Kier alpha value is -1.65. The highest BCUT2D eigenvalue weighted by molar-refractivity contribution is 7.10. The zero-order valence-electron chi connectivity index (χ0n) is 11.2. The van der Waals surface area contributed by atoms with Crippen molar-refractivity contribution in [2.75, 3.05) is 0 Å². The summed E-state index contributed by atoms with van der Waals surface area (Å²) in [6.07, 6.45) is 4.53. The number of benzene rings is 1. The molecule has 0 radical (unpaired) electrons. The molecule has 0 aliphatic heterocycles. The molecule has 1 aliphatic carbocycles. The predicted octanol–water partition coefficient (Wildman–Crippen LogP) is 3.49. The van der Waals surface area contributed by atoms with Gasteiger partial charge in [0.25, 0.3) is 5.91 Å². The van der Waals surface area contributed by atoms with Crippen molar-refractivity contribution >= 4 is 17.2 Å². The van der Waals surface area contributed by atoms with Gasteiger partial charge in [-0.2, -0.15) is 0 Å². The molecule has 0 bridgehead atoms. The first kappa shape index (κ1) is 13.3. The van der Waals surface area contributed by atoms with Crippen molar-refractivity contribution in [3.05, 3.63) is 57.3 Å². The first-order valence-electron chi connectivity index (χ1n) is 6.90. The molecule has 20 heavy (non-hydrogen) atoms. The van der Waals surface area contributed by atoms with Crippen LogP contribution in [-0.2, 0) is 24.3 Å². The number of nitrogens with one attached hydrogen (secondary N) is 1. The number of rotatable bonds is 4. The zero-order valence-corrected chi connectivity index (χ0v) is 12.0. The molecule has 0 spiro atoms. The Morgan fingerprint density at radius 3 is 2.85 bits per heavy atom. The Morgan fingerprint density at radius 2 is 2.00 bits per heavy atom. The number of amides is 1. The molecule has 0 saturated carbocycles. The second-order valence-electron chi connectivity index (χ2n) is 4.96. The van der Waals surface area contributed by atoms with E-state index >= 15 is 0 Å². The van der Waals surface area contributed by atoms with Crippen LogP contribution in [0.2, 0.25) is 0 Å². The average molecular weight is 287 g/mol. The highest BCUT2D eigenvalue weighted by atomic mass is 32.1. The van der Waals surface area contributed by atoms with Gasteiger partial charge < -0.3 is 0 Å². The Kier molecular flexibility index (Phi) is 4.14. The number of thiophene rings is 1. The summed E-state index contributed by atoms with van der Waals surface area (Å²) in [5, 5.41) is 1.96. The summed E-state index contributed by atoms with van der Waals surface area (Å²) in [4.78, 5) is 18.8. The second-order valence-corrected chi connectivity index (χ2v) is 5.93. The second kappa shape index (κ2) is 6.20.